The Morgan fingerprint density at radius 1 is 1.25 bits per heavy atom. The average molecular weight is 293 g/mol. The zero-order chi connectivity index (χ0) is 14.4. The van der Waals surface area contributed by atoms with Crippen LogP contribution in [0.2, 0.25) is 5.02 Å². The Morgan fingerprint density at radius 2 is 2.00 bits per heavy atom. The molecule has 1 unspecified atom stereocenters. The summed E-state index contributed by atoms with van der Waals surface area (Å²) in [6.07, 6.45) is 3.94. The molecule has 0 aliphatic carbocycles. The molecule has 2 rings (SSSR count). The highest BCUT2D eigenvalue weighted by Crippen LogP contribution is 2.16. The first-order valence-corrected chi connectivity index (χ1v) is 7.35. The lowest BCUT2D eigenvalue weighted by Crippen LogP contribution is -2.25. The highest BCUT2D eigenvalue weighted by atomic mass is 35.5. The Bertz CT molecular complexity index is 521. The molecule has 0 radical (unpaired) electrons. The smallest absolute Gasteiger partial charge is 0.0830 e. The molecule has 1 atom stereocenters. The fraction of sp³-hybridized carbons (Fsp3) is 0.467. The minimum absolute atomic E-state index is 0.507. The van der Waals surface area contributed by atoms with Crippen LogP contribution in [0.5, 0.6) is 0 Å². The van der Waals surface area contributed by atoms with Crippen molar-refractivity contribution in [3.8, 4) is 0 Å². The largest absolute Gasteiger partial charge is 0.317 e. The standard InChI is InChI=1S/C15H21ClN4/c1-3-17-10-13(9-15-11-20(2)19-18-15)8-12-4-6-14(16)7-5-12/h4-7,11,13,17H,3,8-10H2,1-2H3. The van der Waals surface area contributed by atoms with Crippen molar-refractivity contribution in [2.24, 2.45) is 13.0 Å². The quantitative estimate of drug-likeness (QED) is 0.852. The van der Waals surface area contributed by atoms with Gasteiger partial charge in [0.15, 0.2) is 0 Å². The van der Waals surface area contributed by atoms with E-state index >= 15 is 0 Å². The van der Waals surface area contributed by atoms with Crippen molar-refractivity contribution in [2.75, 3.05) is 13.1 Å². The van der Waals surface area contributed by atoms with Crippen LogP contribution in [0.1, 0.15) is 18.2 Å². The van der Waals surface area contributed by atoms with Gasteiger partial charge in [0.2, 0.25) is 0 Å². The molecule has 0 fully saturated rings. The fourth-order valence-corrected chi connectivity index (χ4v) is 2.43. The van der Waals surface area contributed by atoms with Crippen molar-refractivity contribution in [3.63, 3.8) is 0 Å². The predicted molar refractivity (Wildman–Crippen MR) is 81.9 cm³/mol. The Labute approximate surface area is 125 Å². The maximum absolute atomic E-state index is 5.93. The average Bonchev–Trinajstić information content (AvgIpc) is 2.84. The van der Waals surface area contributed by atoms with Gasteiger partial charge in [-0.2, -0.15) is 0 Å². The van der Waals surface area contributed by atoms with Gasteiger partial charge < -0.3 is 5.32 Å². The molecule has 5 heteroatoms. The zero-order valence-electron chi connectivity index (χ0n) is 12.0. The van der Waals surface area contributed by atoms with E-state index in [1.54, 1.807) is 4.68 Å². The summed E-state index contributed by atoms with van der Waals surface area (Å²) in [6.45, 7) is 4.09. The summed E-state index contributed by atoms with van der Waals surface area (Å²) in [6, 6.07) is 8.09. The van der Waals surface area contributed by atoms with Crippen molar-refractivity contribution in [1.82, 2.24) is 20.3 Å². The molecule has 1 aromatic carbocycles. The molecule has 4 nitrogen and oxygen atoms in total. The number of halogens is 1. The Balaban J connectivity index is 2.00. The second-order valence-corrected chi connectivity index (χ2v) is 5.53. The summed E-state index contributed by atoms with van der Waals surface area (Å²) < 4.78 is 1.75. The number of hydrogen-bond donors (Lipinski definition) is 1. The first kappa shape index (κ1) is 15.0. The van der Waals surface area contributed by atoms with Gasteiger partial charge in [-0.05, 0) is 49.5 Å². The first-order chi connectivity index (χ1) is 9.67. The van der Waals surface area contributed by atoms with E-state index in [1.165, 1.54) is 5.56 Å². The number of hydrogen-bond acceptors (Lipinski definition) is 3. The van der Waals surface area contributed by atoms with Crippen LogP contribution in [0.3, 0.4) is 0 Å². The van der Waals surface area contributed by atoms with Gasteiger partial charge in [-0.3, -0.25) is 4.68 Å². The summed E-state index contributed by atoms with van der Waals surface area (Å²) in [7, 11) is 1.90. The second-order valence-electron chi connectivity index (χ2n) is 5.09. The molecule has 2 aromatic rings. The third-order valence-corrected chi connectivity index (χ3v) is 3.52. The Kier molecular flexibility index (Phi) is 5.56. The van der Waals surface area contributed by atoms with Crippen LogP contribution < -0.4 is 5.32 Å². The van der Waals surface area contributed by atoms with E-state index in [1.807, 2.05) is 25.4 Å². The third-order valence-electron chi connectivity index (χ3n) is 3.27. The molecule has 1 N–H and O–H groups in total. The van der Waals surface area contributed by atoms with Gasteiger partial charge in [0.25, 0.3) is 0 Å². The lowest BCUT2D eigenvalue weighted by atomic mass is 9.95. The van der Waals surface area contributed by atoms with E-state index in [-0.39, 0.29) is 0 Å². The number of benzene rings is 1. The van der Waals surface area contributed by atoms with Crippen LogP contribution >= 0.6 is 11.6 Å². The van der Waals surface area contributed by atoms with Gasteiger partial charge in [-0.15, -0.1) is 5.10 Å². The summed E-state index contributed by atoms with van der Waals surface area (Å²) in [4.78, 5) is 0. The monoisotopic (exact) mass is 292 g/mol. The van der Waals surface area contributed by atoms with E-state index in [2.05, 4.69) is 34.7 Å². The molecule has 0 bridgehead atoms. The molecule has 0 aliphatic heterocycles. The lowest BCUT2D eigenvalue weighted by molar-refractivity contribution is 0.473. The van der Waals surface area contributed by atoms with Crippen LogP contribution in [-0.4, -0.2) is 28.1 Å². The van der Waals surface area contributed by atoms with Crippen LogP contribution in [0.25, 0.3) is 0 Å². The van der Waals surface area contributed by atoms with E-state index in [0.717, 1.165) is 36.6 Å². The topological polar surface area (TPSA) is 42.7 Å². The summed E-state index contributed by atoms with van der Waals surface area (Å²) in [5.41, 5.74) is 2.35. The number of aromatic nitrogens is 3. The number of nitrogens with one attached hydrogen (secondary N) is 1. The molecular formula is C15H21ClN4. The first-order valence-electron chi connectivity index (χ1n) is 6.97. The Hall–Kier alpha value is -1.39. The van der Waals surface area contributed by atoms with E-state index in [9.17, 15) is 0 Å². The van der Waals surface area contributed by atoms with Crippen molar-refractivity contribution in [3.05, 3.63) is 46.7 Å². The molecule has 0 spiro atoms. The summed E-state index contributed by atoms with van der Waals surface area (Å²) in [5, 5.41) is 12.4. The van der Waals surface area contributed by atoms with E-state index < -0.39 is 0 Å². The van der Waals surface area contributed by atoms with Gasteiger partial charge in [0.1, 0.15) is 0 Å². The predicted octanol–water partition coefficient (Wildman–Crippen LogP) is 2.48. The molecule has 0 amide bonds. The fourth-order valence-electron chi connectivity index (χ4n) is 2.30. The van der Waals surface area contributed by atoms with Gasteiger partial charge in [0.05, 0.1) is 5.69 Å². The molecule has 1 aromatic heterocycles. The maximum atomic E-state index is 5.93. The minimum Gasteiger partial charge on any atom is -0.317 e. The van der Waals surface area contributed by atoms with Gasteiger partial charge in [-0.25, -0.2) is 0 Å². The van der Waals surface area contributed by atoms with Crippen LogP contribution in [0, 0.1) is 5.92 Å². The Morgan fingerprint density at radius 3 is 2.60 bits per heavy atom. The van der Waals surface area contributed by atoms with Crippen molar-refractivity contribution >= 4 is 11.6 Å². The third kappa shape index (κ3) is 4.62. The molecule has 0 saturated carbocycles. The van der Waals surface area contributed by atoms with Crippen molar-refractivity contribution in [1.29, 1.82) is 0 Å². The van der Waals surface area contributed by atoms with Crippen LogP contribution in [0.4, 0.5) is 0 Å². The number of aryl methyl sites for hydroxylation is 1. The molecule has 108 valence electrons. The highest BCUT2D eigenvalue weighted by molar-refractivity contribution is 6.30. The molecule has 20 heavy (non-hydrogen) atoms. The SMILES string of the molecule is CCNCC(Cc1ccc(Cl)cc1)Cc1cn(C)nn1. The van der Waals surface area contributed by atoms with Crippen LogP contribution in [0.15, 0.2) is 30.5 Å². The maximum Gasteiger partial charge on any atom is 0.0830 e. The highest BCUT2D eigenvalue weighted by Gasteiger charge is 2.12. The zero-order valence-corrected chi connectivity index (χ0v) is 12.8. The summed E-state index contributed by atoms with van der Waals surface area (Å²) in [5.74, 6) is 0.507. The summed E-state index contributed by atoms with van der Waals surface area (Å²) >= 11 is 5.93. The van der Waals surface area contributed by atoms with Gasteiger partial charge >= 0.3 is 0 Å². The minimum atomic E-state index is 0.507. The lowest BCUT2D eigenvalue weighted by Gasteiger charge is -2.16. The van der Waals surface area contributed by atoms with Crippen molar-refractivity contribution < 1.29 is 0 Å². The van der Waals surface area contributed by atoms with Crippen molar-refractivity contribution in [2.45, 2.75) is 19.8 Å². The second kappa shape index (κ2) is 7.41. The molecule has 1 heterocycles. The molecular weight excluding hydrogens is 272 g/mol. The molecule has 0 saturated heterocycles. The normalized spacial score (nSPS) is 12.6. The van der Waals surface area contributed by atoms with Crippen LogP contribution in [-0.2, 0) is 19.9 Å². The molecule has 0 aliphatic rings. The van der Waals surface area contributed by atoms with Gasteiger partial charge in [-0.1, -0.05) is 35.9 Å². The number of nitrogens with zero attached hydrogens (tertiary/aromatic N) is 3. The van der Waals surface area contributed by atoms with E-state index in [0.29, 0.717) is 5.92 Å². The number of rotatable bonds is 7. The van der Waals surface area contributed by atoms with E-state index in [4.69, 9.17) is 11.6 Å². The van der Waals surface area contributed by atoms with Gasteiger partial charge in [0, 0.05) is 18.3 Å².